The van der Waals surface area contributed by atoms with E-state index in [1.807, 2.05) is 0 Å². The molecule has 2 rings (SSSR count). The molecule has 0 saturated carbocycles. The van der Waals surface area contributed by atoms with Crippen LogP contribution in [0, 0.1) is 11.6 Å². The van der Waals surface area contributed by atoms with Crippen LogP contribution in [-0.4, -0.2) is 44.1 Å². The molecule has 0 fully saturated rings. The Kier molecular flexibility index (Phi) is 5.02. The van der Waals surface area contributed by atoms with E-state index in [9.17, 15) is 23.5 Å². The third-order valence-corrected chi connectivity index (χ3v) is 3.38. The third-order valence-electron chi connectivity index (χ3n) is 3.38. The predicted octanol–water partition coefficient (Wildman–Crippen LogP) is 1.32. The minimum Gasteiger partial charge on any atom is -0.479 e. The number of urea groups is 1. The van der Waals surface area contributed by atoms with Gasteiger partial charge in [-0.2, -0.15) is 5.10 Å². The Labute approximate surface area is 141 Å². The van der Waals surface area contributed by atoms with Crippen molar-refractivity contribution >= 4 is 17.8 Å². The van der Waals surface area contributed by atoms with Crippen molar-refractivity contribution < 1.29 is 28.6 Å². The number of nitrogens with zero attached hydrogens (tertiary/aromatic N) is 2. The van der Waals surface area contributed by atoms with Crippen molar-refractivity contribution in [3.8, 4) is 11.3 Å². The summed E-state index contributed by atoms with van der Waals surface area (Å²) in [5.74, 6) is -2.82. The molecule has 1 heterocycles. The highest BCUT2D eigenvalue weighted by Crippen LogP contribution is 2.24. The molecule has 8 nitrogen and oxygen atoms in total. The van der Waals surface area contributed by atoms with E-state index in [1.165, 1.54) is 23.9 Å². The van der Waals surface area contributed by atoms with Gasteiger partial charge in [0, 0.05) is 24.7 Å². The standard InChI is InChI=1S/C15H16F2N4O4/c1-15(25,13(22)23)7-18-14(24)19-12-6-11(20-21(12)2)9-4-3-8(16)5-10(9)17/h3-6,25H,7H2,1-2H3,(H,22,23)(H2,18,19,24). The fraction of sp³-hybridized carbons (Fsp3) is 0.267. The van der Waals surface area contributed by atoms with E-state index >= 15 is 0 Å². The van der Waals surface area contributed by atoms with Crippen LogP contribution in [0.1, 0.15) is 6.92 Å². The van der Waals surface area contributed by atoms with Crippen molar-refractivity contribution in [2.45, 2.75) is 12.5 Å². The minimum atomic E-state index is -2.12. The van der Waals surface area contributed by atoms with Crippen LogP contribution in [0.3, 0.4) is 0 Å². The number of aliphatic hydroxyl groups is 1. The Hall–Kier alpha value is -3.01. The number of carbonyl (C=O) groups is 2. The van der Waals surface area contributed by atoms with E-state index in [2.05, 4.69) is 15.7 Å². The van der Waals surface area contributed by atoms with Gasteiger partial charge in [-0.1, -0.05) is 0 Å². The number of aryl methyl sites for hydroxylation is 1. The molecule has 0 aliphatic carbocycles. The van der Waals surface area contributed by atoms with E-state index in [-0.39, 0.29) is 17.1 Å². The van der Waals surface area contributed by atoms with Gasteiger partial charge in [-0.15, -0.1) is 0 Å². The minimum absolute atomic E-state index is 0.0549. The van der Waals surface area contributed by atoms with Gasteiger partial charge in [-0.05, 0) is 19.1 Å². The summed E-state index contributed by atoms with van der Waals surface area (Å²) in [6, 6.07) is 3.61. The van der Waals surface area contributed by atoms with Crippen molar-refractivity contribution in [3.05, 3.63) is 35.9 Å². The quantitative estimate of drug-likeness (QED) is 0.646. The average molecular weight is 354 g/mol. The molecule has 0 radical (unpaired) electrons. The van der Waals surface area contributed by atoms with Crippen LogP contribution in [0.15, 0.2) is 24.3 Å². The highest BCUT2D eigenvalue weighted by atomic mass is 19.1. The van der Waals surface area contributed by atoms with Gasteiger partial charge in [0.1, 0.15) is 17.5 Å². The molecular weight excluding hydrogens is 338 g/mol. The largest absolute Gasteiger partial charge is 0.479 e. The Morgan fingerprint density at radius 2 is 2.00 bits per heavy atom. The van der Waals surface area contributed by atoms with Gasteiger partial charge >= 0.3 is 12.0 Å². The molecule has 10 heteroatoms. The summed E-state index contributed by atoms with van der Waals surface area (Å²) < 4.78 is 28.0. The first-order valence-electron chi connectivity index (χ1n) is 7.10. The number of carbonyl (C=O) groups excluding carboxylic acids is 1. The van der Waals surface area contributed by atoms with E-state index in [0.29, 0.717) is 0 Å². The van der Waals surface area contributed by atoms with Gasteiger partial charge in [-0.25, -0.2) is 18.4 Å². The summed E-state index contributed by atoms with van der Waals surface area (Å²) in [6.45, 7) is 0.514. The number of anilines is 1. The molecule has 2 amide bonds. The zero-order chi connectivity index (χ0) is 18.8. The fourth-order valence-electron chi connectivity index (χ4n) is 1.90. The summed E-state index contributed by atoms with van der Waals surface area (Å²) in [7, 11) is 1.49. The lowest BCUT2D eigenvalue weighted by molar-refractivity contribution is -0.155. The van der Waals surface area contributed by atoms with Crippen molar-refractivity contribution in [2.75, 3.05) is 11.9 Å². The van der Waals surface area contributed by atoms with E-state index in [0.717, 1.165) is 19.1 Å². The van der Waals surface area contributed by atoms with Gasteiger partial charge in [0.25, 0.3) is 0 Å². The number of rotatable bonds is 5. The molecule has 134 valence electrons. The number of hydrogen-bond acceptors (Lipinski definition) is 4. The van der Waals surface area contributed by atoms with E-state index < -0.39 is 35.8 Å². The average Bonchev–Trinajstić information content (AvgIpc) is 2.86. The van der Waals surface area contributed by atoms with Crippen molar-refractivity contribution in [2.24, 2.45) is 7.05 Å². The van der Waals surface area contributed by atoms with Gasteiger partial charge in [-0.3, -0.25) is 10.00 Å². The van der Waals surface area contributed by atoms with Crippen LogP contribution in [0.2, 0.25) is 0 Å². The molecule has 0 spiro atoms. The maximum Gasteiger partial charge on any atom is 0.337 e. The second kappa shape index (κ2) is 6.85. The zero-order valence-corrected chi connectivity index (χ0v) is 13.4. The monoisotopic (exact) mass is 354 g/mol. The van der Waals surface area contributed by atoms with Crippen LogP contribution in [-0.2, 0) is 11.8 Å². The fourth-order valence-corrected chi connectivity index (χ4v) is 1.90. The van der Waals surface area contributed by atoms with Gasteiger partial charge in [0.15, 0.2) is 5.60 Å². The number of aromatic nitrogens is 2. The number of halogens is 2. The first-order chi connectivity index (χ1) is 11.6. The normalized spacial score (nSPS) is 13.2. The number of carboxylic acid groups (broad SMARTS) is 1. The maximum atomic E-state index is 13.8. The molecule has 0 saturated heterocycles. The van der Waals surface area contributed by atoms with Gasteiger partial charge in [0.05, 0.1) is 12.2 Å². The summed E-state index contributed by atoms with van der Waals surface area (Å²) in [6.07, 6.45) is 0. The Bertz CT molecular complexity index is 820. The van der Waals surface area contributed by atoms with Gasteiger partial charge in [0.2, 0.25) is 0 Å². The summed E-state index contributed by atoms with van der Waals surface area (Å²) in [5.41, 5.74) is -1.89. The summed E-state index contributed by atoms with van der Waals surface area (Å²) in [5, 5.41) is 26.9. The van der Waals surface area contributed by atoms with Crippen molar-refractivity contribution in [1.82, 2.24) is 15.1 Å². The Morgan fingerprint density at radius 3 is 2.60 bits per heavy atom. The molecule has 1 unspecified atom stereocenters. The SMILES string of the molecule is Cn1nc(-c2ccc(F)cc2F)cc1NC(=O)NCC(C)(O)C(=O)O. The number of amides is 2. The highest BCUT2D eigenvalue weighted by Gasteiger charge is 2.30. The first-order valence-corrected chi connectivity index (χ1v) is 7.10. The molecule has 1 atom stereocenters. The lowest BCUT2D eigenvalue weighted by atomic mass is 10.1. The maximum absolute atomic E-state index is 13.8. The van der Waals surface area contributed by atoms with Crippen molar-refractivity contribution in [3.63, 3.8) is 0 Å². The van der Waals surface area contributed by atoms with Crippen LogP contribution < -0.4 is 10.6 Å². The van der Waals surface area contributed by atoms with E-state index in [1.54, 1.807) is 0 Å². The molecular formula is C15H16F2N4O4. The van der Waals surface area contributed by atoms with E-state index in [4.69, 9.17) is 5.11 Å². The van der Waals surface area contributed by atoms with Crippen LogP contribution >= 0.6 is 0 Å². The molecule has 25 heavy (non-hydrogen) atoms. The van der Waals surface area contributed by atoms with Crippen LogP contribution in [0.5, 0.6) is 0 Å². The van der Waals surface area contributed by atoms with Crippen molar-refractivity contribution in [1.29, 1.82) is 0 Å². The molecule has 2 aromatic rings. The highest BCUT2D eigenvalue weighted by molar-refractivity contribution is 5.89. The second-order valence-electron chi connectivity index (χ2n) is 5.55. The number of carboxylic acids is 1. The lowest BCUT2D eigenvalue weighted by Crippen LogP contribution is -2.47. The lowest BCUT2D eigenvalue weighted by Gasteiger charge is -2.18. The van der Waals surface area contributed by atoms with Gasteiger partial charge < -0.3 is 15.5 Å². The Balaban J connectivity index is 2.10. The number of benzene rings is 1. The topological polar surface area (TPSA) is 116 Å². The predicted molar refractivity (Wildman–Crippen MR) is 83.8 cm³/mol. The summed E-state index contributed by atoms with van der Waals surface area (Å²) in [4.78, 5) is 22.6. The smallest absolute Gasteiger partial charge is 0.337 e. The summed E-state index contributed by atoms with van der Waals surface area (Å²) >= 11 is 0. The number of aliphatic carboxylic acids is 1. The molecule has 4 N–H and O–H groups in total. The first kappa shape index (κ1) is 18.3. The molecule has 0 aliphatic heterocycles. The number of nitrogens with one attached hydrogen (secondary N) is 2. The third kappa shape index (κ3) is 4.29. The number of hydrogen-bond donors (Lipinski definition) is 4. The van der Waals surface area contributed by atoms with Crippen LogP contribution in [0.4, 0.5) is 19.4 Å². The van der Waals surface area contributed by atoms with Crippen LogP contribution in [0.25, 0.3) is 11.3 Å². The molecule has 1 aromatic carbocycles. The molecule has 1 aromatic heterocycles. The Morgan fingerprint density at radius 1 is 1.32 bits per heavy atom. The molecule has 0 bridgehead atoms. The second-order valence-corrected chi connectivity index (χ2v) is 5.55. The zero-order valence-electron chi connectivity index (χ0n) is 13.4. The molecule has 0 aliphatic rings.